The molecule has 3 heterocycles. The van der Waals surface area contributed by atoms with Crippen molar-refractivity contribution >= 4 is 17.3 Å². The molecule has 0 fully saturated rings. The second-order valence-corrected chi connectivity index (χ2v) is 6.26. The molecule has 0 aliphatic carbocycles. The van der Waals surface area contributed by atoms with Crippen LogP contribution in [0.2, 0.25) is 0 Å². The van der Waals surface area contributed by atoms with E-state index in [1.807, 2.05) is 36.9 Å². The fraction of sp³-hybridized carbons (Fsp3) is 0.267. The maximum absolute atomic E-state index is 4.35. The SMILES string of the molecule is Cc1ccc(-c2nnc(N(C)Cc3ccccn3)n2C)s1. The van der Waals surface area contributed by atoms with Crippen LogP contribution in [-0.2, 0) is 13.6 Å². The highest BCUT2D eigenvalue weighted by atomic mass is 32.1. The second kappa shape index (κ2) is 5.65. The molecule has 0 aliphatic rings. The molecule has 0 aromatic carbocycles. The van der Waals surface area contributed by atoms with E-state index < -0.39 is 0 Å². The molecule has 21 heavy (non-hydrogen) atoms. The van der Waals surface area contributed by atoms with Crippen molar-refractivity contribution in [3.8, 4) is 10.7 Å². The van der Waals surface area contributed by atoms with Gasteiger partial charge in [0, 0.05) is 25.2 Å². The zero-order valence-corrected chi connectivity index (χ0v) is 13.1. The van der Waals surface area contributed by atoms with Crippen LogP contribution in [0.25, 0.3) is 10.7 Å². The third-order valence-corrected chi connectivity index (χ3v) is 4.28. The quantitative estimate of drug-likeness (QED) is 0.743. The summed E-state index contributed by atoms with van der Waals surface area (Å²) in [6.45, 7) is 2.80. The van der Waals surface area contributed by atoms with E-state index in [0.717, 1.165) is 22.3 Å². The van der Waals surface area contributed by atoms with Crippen LogP contribution in [0.1, 0.15) is 10.6 Å². The Kier molecular flexibility index (Phi) is 3.70. The van der Waals surface area contributed by atoms with Gasteiger partial charge in [-0.05, 0) is 31.2 Å². The lowest BCUT2D eigenvalue weighted by atomic mass is 10.3. The Bertz CT molecular complexity index is 732. The van der Waals surface area contributed by atoms with Crippen LogP contribution in [0.5, 0.6) is 0 Å². The average Bonchev–Trinajstić information content (AvgIpc) is 3.06. The van der Waals surface area contributed by atoms with Crippen molar-refractivity contribution in [2.24, 2.45) is 7.05 Å². The van der Waals surface area contributed by atoms with E-state index in [1.54, 1.807) is 17.5 Å². The zero-order chi connectivity index (χ0) is 14.8. The Balaban J connectivity index is 1.85. The molecule has 0 unspecified atom stereocenters. The molecule has 0 saturated carbocycles. The summed E-state index contributed by atoms with van der Waals surface area (Å²) in [6.07, 6.45) is 1.81. The standard InChI is InChI=1S/C15H17N5S/c1-11-7-8-13(21-11)14-17-18-15(20(14)3)19(2)10-12-6-4-5-9-16-12/h4-9H,10H2,1-3H3. The Labute approximate surface area is 127 Å². The maximum Gasteiger partial charge on any atom is 0.227 e. The molecular weight excluding hydrogens is 282 g/mol. The molecule has 0 atom stereocenters. The molecular formula is C15H17N5S. The Hall–Kier alpha value is -2.21. The number of aryl methyl sites for hydroxylation is 1. The van der Waals surface area contributed by atoms with Gasteiger partial charge in [-0.25, -0.2) is 0 Å². The van der Waals surface area contributed by atoms with Crippen LogP contribution in [0.3, 0.4) is 0 Å². The first-order valence-electron chi connectivity index (χ1n) is 6.72. The van der Waals surface area contributed by atoms with E-state index in [2.05, 4.69) is 39.1 Å². The van der Waals surface area contributed by atoms with Gasteiger partial charge in [0.2, 0.25) is 5.95 Å². The summed E-state index contributed by atoms with van der Waals surface area (Å²) in [5.41, 5.74) is 1.01. The van der Waals surface area contributed by atoms with Crippen LogP contribution in [0.15, 0.2) is 36.5 Å². The van der Waals surface area contributed by atoms with Gasteiger partial charge >= 0.3 is 0 Å². The van der Waals surface area contributed by atoms with Gasteiger partial charge in [0.25, 0.3) is 0 Å². The Morgan fingerprint density at radius 2 is 2.05 bits per heavy atom. The summed E-state index contributed by atoms with van der Waals surface area (Å²) in [7, 11) is 4.00. The first-order valence-corrected chi connectivity index (χ1v) is 7.54. The maximum atomic E-state index is 4.35. The first-order chi connectivity index (χ1) is 10.1. The van der Waals surface area contributed by atoms with Gasteiger partial charge in [-0.3, -0.25) is 9.55 Å². The minimum atomic E-state index is 0.705. The molecule has 0 spiro atoms. The van der Waals surface area contributed by atoms with Crippen molar-refractivity contribution in [2.75, 3.05) is 11.9 Å². The normalized spacial score (nSPS) is 10.8. The molecule has 3 rings (SSSR count). The number of pyridine rings is 1. The molecule has 0 aliphatic heterocycles. The second-order valence-electron chi connectivity index (χ2n) is 4.97. The number of nitrogens with zero attached hydrogens (tertiary/aromatic N) is 5. The Morgan fingerprint density at radius 3 is 2.71 bits per heavy atom. The summed E-state index contributed by atoms with van der Waals surface area (Å²) in [6, 6.07) is 10.1. The van der Waals surface area contributed by atoms with E-state index in [1.165, 1.54) is 4.88 Å². The lowest BCUT2D eigenvalue weighted by molar-refractivity contribution is 0.794. The van der Waals surface area contributed by atoms with Crippen molar-refractivity contribution in [3.63, 3.8) is 0 Å². The van der Waals surface area contributed by atoms with Crippen molar-refractivity contribution in [1.82, 2.24) is 19.7 Å². The molecule has 3 aromatic heterocycles. The molecule has 0 N–H and O–H groups in total. The highest BCUT2D eigenvalue weighted by Gasteiger charge is 2.15. The number of hydrogen-bond donors (Lipinski definition) is 0. The van der Waals surface area contributed by atoms with Gasteiger partial charge in [0.05, 0.1) is 17.1 Å². The van der Waals surface area contributed by atoms with Gasteiger partial charge in [0.1, 0.15) is 0 Å². The van der Waals surface area contributed by atoms with E-state index in [9.17, 15) is 0 Å². The number of anilines is 1. The highest BCUT2D eigenvalue weighted by Crippen LogP contribution is 2.27. The van der Waals surface area contributed by atoms with Crippen LogP contribution >= 0.6 is 11.3 Å². The molecule has 0 radical (unpaired) electrons. The van der Waals surface area contributed by atoms with Gasteiger partial charge in [-0.2, -0.15) is 0 Å². The predicted molar refractivity (Wildman–Crippen MR) is 85.4 cm³/mol. The summed E-state index contributed by atoms with van der Waals surface area (Å²) < 4.78 is 2.02. The lowest BCUT2D eigenvalue weighted by Crippen LogP contribution is -2.20. The molecule has 5 nitrogen and oxygen atoms in total. The predicted octanol–water partition coefficient (Wildman–Crippen LogP) is 2.88. The van der Waals surface area contributed by atoms with Crippen molar-refractivity contribution in [2.45, 2.75) is 13.5 Å². The minimum absolute atomic E-state index is 0.705. The van der Waals surface area contributed by atoms with Crippen molar-refractivity contribution in [1.29, 1.82) is 0 Å². The zero-order valence-electron chi connectivity index (χ0n) is 12.3. The van der Waals surface area contributed by atoms with Crippen LogP contribution in [-0.4, -0.2) is 26.8 Å². The largest absolute Gasteiger partial charge is 0.338 e. The summed E-state index contributed by atoms with van der Waals surface area (Å²) in [5, 5.41) is 8.64. The number of hydrogen-bond acceptors (Lipinski definition) is 5. The highest BCUT2D eigenvalue weighted by molar-refractivity contribution is 7.15. The molecule has 0 amide bonds. The third kappa shape index (κ3) is 2.80. The van der Waals surface area contributed by atoms with E-state index in [4.69, 9.17) is 0 Å². The monoisotopic (exact) mass is 299 g/mol. The van der Waals surface area contributed by atoms with Crippen LogP contribution < -0.4 is 4.90 Å². The van der Waals surface area contributed by atoms with Crippen molar-refractivity contribution < 1.29 is 0 Å². The summed E-state index contributed by atoms with van der Waals surface area (Å²) in [4.78, 5) is 8.81. The molecule has 108 valence electrons. The average molecular weight is 299 g/mol. The first kappa shape index (κ1) is 13.8. The van der Waals surface area contributed by atoms with E-state index >= 15 is 0 Å². The topological polar surface area (TPSA) is 46.8 Å². The molecule has 6 heteroatoms. The van der Waals surface area contributed by atoms with Gasteiger partial charge < -0.3 is 4.90 Å². The summed E-state index contributed by atoms with van der Waals surface area (Å²) in [5.74, 6) is 1.73. The molecule has 0 bridgehead atoms. The van der Waals surface area contributed by atoms with Crippen LogP contribution in [0, 0.1) is 6.92 Å². The minimum Gasteiger partial charge on any atom is -0.338 e. The van der Waals surface area contributed by atoms with Gasteiger partial charge in [-0.1, -0.05) is 6.07 Å². The van der Waals surface area contributed by atoms with Crippen molar-refractivity contribution in [3.05, 3.63) is 47.1 Å². The Morgan fingerprint density at radius 1 is 1.19 bits per heavy atom. The number of aromatic nitrogens is 4. The molecule has 0 saturated heterocycles. The van der Waals surface area contributed by atoms with Gasteiger partial charge in [-0.15, -0.1) is 21.5 Å². The third-order valence-electron chi connectivity index (χ3n) is 3.28. The fourth-order valence-corrected chi connectivity index (χ4v) is 3.12. The summed E-state index contributed by atoms with van der Waals surface area (Å²) >= 11 is 1.73. The fourth-order valence-electron chi connectivity index (χ4n) is 2.23. The van der Waals surface area contributed by atoms with Gasteiger partial charge in [0.15, 0.2) is 5.82 Å². The number of thiophene rings is 1. The lowest BCUT2D eigenvalue weighted by Gasteiger charge is -2.17. The van der Waals surface area contributed by atoms with E-state index in [-0.39, 0.29) is 0 Å². The van der Waals surface area contributed by atoms with Crippen LogP contribution in [0.4, 0.5) is 5.95 Å². The smallest absolute Gasteiger partial charge is 0.227 e. The molecule has 3 aromatic rings. The number of rotatable bonds is 4. The van der Waals surface area contributed by atoms with E-state index in [0.29, 0.717) is 6.54 Å².